The molecule has 1 atom stereocenters. The van der Waals surface area contributed by atoms with Crippen LogP contribution in [0.25, 0.3) is 0 Å². The van der Waals surface area contributed by atoms with Crippen LogP contribution in [-0.4, -0.2) is 18.4 Å². The first-order valence-electron chi connectivity index (χ1n) is 8.00. The number of hydrogen-bond acceptors (Lipinski definition) is 3. The van der Waals surface area contributed by atoms with Gasteiger partial charge in [-0.3, -0.25) is 9.59 Å². The molecule has 1 unspecified atom stereocenters. The number of amides is 2. The summed E-state index contributed by atoms with van der Waals surface area (Å²) in [6.07, 6.45) is 3.89. The van der Waals surface area contributed by atoms with E-state index in [-0.39, 0.29) is 36.6 Å². The predicted octanol–water partition coefficient (Wildman–Crippen LogP) is 3.32. The molecule has 2 N–H and O–H groups in total. The Hall–Kier alpha value is -2.27. The largest absolute Gasteiger partial charge is 0.459 e. The lowest BCUT2D eigenvalue weighted by molar-refractivity contribution is -0.121. The zero-order valence-corrected chi connectivity index (χ0v) is 13.9. The Bertz CT molecular complexity index is 694. The van der Waals surface area contributed by atoms with Crippen LogP contribution in [0.2, 0.25) is 5.02 Å². The third-order valence-corrected chi connectivity index (χ3v) is 4.27. The molecule has 0 bridgehead atoms. The quantitative estimate of drug-likeness (QED) is 0.807. The molecule has 1 aromatic carbocycles. The smallest absolute Gasteiger partial charge is 0.286 e. The van der Waals surface area contributed by atoms with Crippen molar-refractivity contribution in [2.75, 3.05) is 6.54 Å². The van der Waals surface area contributed by atoms with Crippen LogP contribution in [0.15, 0.2) is 47.1 Å². The molecule has 5 nitrogen and oxygen atoms in total. The van der Waals surface area contributed by atoms with Crippen LogP contribution in [0.1, 0.15) is 41.4 Å². The number of halogens is 1. The molecule has 3 rings (SSSR count). The molecule has 2 aromatic rings. The summed E-state index contributed by atoms with van der Waals surface area (Å²) in [5.41, 5.74) is 1.06. The van der Waals surface area contributed by atoms with Gasteiger partial charge in [-0.15, -0.1) is 0 Å². The summed E-state index contributed by atoms with van der Waals surface area (Å²) in [7, 11) is 0. The Morgan fingerprint density at radius 1 is 1.21 bits per heavy atom. The Kier molecular flexibility index (Phi) is 5.20. The summed E-state index contributed by atoms with van der Waals surface area (Å²) < 4.78 is 5.00. The summed E-state index contributed by atoms with van der Waals surface area (Å²) in [6.45, 7) is 0.267. The number of hydrogen-bond donors (Lipinski definition) is 2. The minimum Gasteiger partial charge on any atom is -0.459 e. The van der Waals surface area contributed by atoms with Crippen molar-refractivity contribution in [2.45, 2.75) is 25.3 Å². The molecule has 1 aliphatic rings. The third-order valence-electron chi connectivity index (χ3n) is 4.02. The van der Waals surface area contributed by atoms with Gasteiger partial charge in [-0.2, -0.15) is 0 Å². The maximum Gasteiger partial charge on any atom is 0.286 e. The van der Waals surface area contributed by atoms with Crippen molar-refractivity contribution in [3.63, 3.8) is 0 Å². The average Bonchev–Trinajstić information content (AvgIpc) is 3.26. The fraction of sp³-hybridized carbons (Fsp3) is 0.333. The van der Waals surface area contributed by atoms with E-state index in [9.17, 15) is 9.59 Å². The van der Waals surface area contributed by atoms with Crippen molar-refractivity contribution in [1.82, 2.24) is 10.6 Å². The van der Waals surface area contributed by atoms with Crippen molar-refractivity contribution in [1.29, 1.82) is 0 Å². The molecule has 1 fully saturated rings. The van der Waals surface area contributed by atoms with Crippen molar-refractivity contribution < 1.29 is 14.0 Å². The Morgan fingerprint density at radius 2 is 1.96 bits per heavy atom. The van der Waals surface area contributed by atoms with Gasteiger partial charge >= 0.3 is 0 Å². The van der Waals surface area contributed by atoms with E-state index >= 15 is 0 Å². The Morgan fingerprint density at radius 3 is 2.58 bits per heavy atom. The first kappa shape index (κ1) is 16.6. The molecule has 2 amide bonds. The highest BCUT2D eigenvalue weighted by atomic mass is 35.5. The summed E-state index contributed by atoms with van der Waals surface area (Å²) in [5.74, 6) is 0.325. The number of carbonyl (C=O) groups excluding carboxylic acids is 2. The van der Waals surface area contributed by atoms with Gasteiger partial charge in [0.1, 0.15) is 0 Å². The maximum atomic E-state index is 12.2. The van der Waals surface area contributed by atoms with Crippen molar-refractivity contribution in [3.8, 4) is 0 Å². The molecule has 0 aliphatic heterocycles. The standard InChI is InChI=1S/C18H19ClN2O3/c19-14-7-5-13(6-8-14)17(12-3-4-12)21-16(22)9-10-20-18(23)15-2-1-11-24-15/h1-2,5-8,11-12,17H,3-4,9-10H2,(H,20,23)(H,21,22). The van der Waals surface area contributed by atoms with E-state index in [1.54, 1.807) is 12.1 Å². The van der Waals surface area contributed by atoms with Gasteiger partial charge in [-0.25, -0.2) is 0 Å². The highest BCUT2D eigenvalue weighted by Crippen LogP contribution is 2.41. The van der Waals surface area contributed by atoms with Gasteiger partial charge in [0.05, 0.1) is 12.3 Å². The summed E-state index contributed by atoms with van der Waals surface area (Å²) in [5, 5.41) is 6.42. The number of benzene rings is 1. The molecule has 1 aromatic heterocycles. The summed E-state index contributed by atoms with van der Waals surface area (Å²) >= 11 is 5.92. The number of rotatable bonds is 7. The highest BCUT2D eigenvalue weighted by molar-refractivity contribution is 6.30. The predicted molar refractivity (Wildman–Crippen MR) is 90.7 cm³/mol. The molecule has 0 saturated heterocycles. The second-order valence-electron chi connectivity index (χ2n) is 5.92. The fourth-order valence-corrected chi connectivity index (χ4v) is 2.73. The van der Waals surface area contributed by atoms with Gasteiger partial charge in [-0.05, 0) is 48.6 Å². The van der Waals surface area contributed by atoms with Crippen LogP contribution in [0, 0.1) is 5.92 Å². The van der Waals surface area contributed by atoms with Gasteiger partial charge in [0.15, 0.2) is 5.76 Å². The lowest BCUT2D eigenvalue weighted by Gasteiger charge is -2.19. The zero-order chi connectivity index (χ0) is 16.9. The van der Waals surface area contributed by atoms with E-state index in [0.29, 0.717) is 10.9 Å². The summed E-state index contributed by atoms with van der Waals surface area (Å²) in [6, 6.07) is 10.8. The van der Waals surface area contributed by atoms with Gasteiger partial charge in [0.2, 0.25) is 5.91 Å². The second-order valence-corrected chi connectivity index (χ2v) is 6.35. The lowest BCUT2D eigenvalue weighted by atomic mass is 10.0. The molecule has 1 saturated carbocycles. The van der Waals surface area contributed by atoms with Crippen molar-refractivity contribution in [3.05, 3.63) is 59.0 Å². The van der Waals surface area contributed by atoms with E-state index in [4.69, 9.17) is 16.0 Å². The molecular formula is C18H19ClN2O3. The first-order chi connectivity index (χ1) is 11.6. The summed E-state index contributed by atoms with van der Waals surface area (Å²) in [4.78, 5) is 23.9. The van der Waals surface area contributed by atoms with E-state index in [2.05, 4.69) is 10.6 Å². The van der Waals surface area contributed by atoms with Gasteiger partial charge in [0, 0.05) is 18.0 Å². The molecule has 126 valence electrons. The van der Waals surface area contributed by atoms with E-state index in [0.717, 1.165) is 18.4 Å². The number of nitrogens with one attached hydrogen (secondary N) is 2. The Labute approximate surface area is 145 Å². The topological polar surface area (TPSA) is 71.3 Å². The molecule has 1 heterocycles. The first-order valence-corrected chi connectivity index (χ1v) is 8.38. The number of furan rings is 1. The fourth-order valence-electron chi connectivity index (χ4n) is 2.60. The third kappa shape index (κ3) is 4.38. The SMILES string of the molecule is O=C(CCNC(=O)c1ccco1)NC(c1ccc(Cl)cc1)C1CC1. The van der Waals surface area contributed by atoms with Crippen LogP contribution in [0.4, 0.5) is 0 Å². The van der Waals surface area contributed by atoms with Crippen LogP contribution in [-0.2, 0) is 4.79 Å². The molecule has 24 heavy (non-hydrogen) atoms. The average molecular weight is 347 g/mol. The highest BCUT2D eigenvalue weighted by Gasteiger charge is 2.33. The minimum atomic E-state index is -0.316. The van der Waals surface area contributed by atoms with Crippen LogP contribution in [0.3, 0.4) is 0 Å². The molecular weight excluding hydrogens is 328 g/mol. The molecule has 1 aliphatic carbocycles. The van der Waals surface area contributed by atoms with Crippen LogP contribution in [0.5, 0.6) is 0 Å². The normalized spacial score (nSPS) is 14.9. The zero-order valence-electron chi connectivity index (χ0n) is 13.1. The molecule has 0 radical (unpaired) electrons. The molecule has 6 heteroatoms. The number of carbonyl (C=O) groups is 2. The van der Waals surface area contributed by atoms with Gasteiger partial charge in [-0.1, -0.05) is 23.7 Å². The van der Waals surface area contributed by atoms with E-state index in [1.807, 2.05) is 24.3 Å². The van der Waals surface area contributed by atoms with E-state index in [1.165, 1.54) is 6.26 Å². The maximum absolute atomic E-state index is 12.2. The van der Waals surface area contributed by atoms with Gasteiger partial charge in [0.25, 0.3) is 5.91 Å². The minimum absolute atomic E-state index is 0.00976. The molecule has 0 spiro atoms. The van der Waals surface area contributed by atoms with Crippen molar-refractivity contribution in [2.24, 2.45) is 5.92 Å². The monoisotopic (exact) mass is 346 g/mol. The van der Waals surface area contributed by atoms with Gasteiger partial charge < -0.3 is 15.1 Å². The van der Waals surface area contributed by atoms with Crippen LogP contribution < -0.4 is 10.6 Å². The Balaban J connectivity index is 1.49. The van der Waals surface area contributed by atoms with Crippen LogP contribution >= 0.6 is 11.6 Å². The van der Waals surface area contributed by atoms with E-state index < -0.39 is 0 Å². The van der Waals surface area contributed by atoms with Crippen molar-refractivity contribution >= 4 is 23.4 Å². The second kappa shape index (κ2) is 7.53. The lowest BCUT2D eigenvalue weighted by Crippen LogP contribution is -2.33.